The monoisotopic (exact) mass is 340 g/mol. The molecular weight excluding hydrogens is 312 g/mol. The Bertz CT molecular complexity index is 613. The van der Waals surface area contributed by atoms with Crippen LogP contribution in [0.4, 0.5) is 4.79 Å². The Morgan fingerprint density at radius 2 is 2.09 bits per heavy atom. The van der Waals surface area contributed by atoms with Crippen LogP contribution in [0.25, 0.3) is 0 Å². The maximum absolute atomic E-state index is 12.1. The summed E-state index contributed by atoms with van der Waals surface area (Å²) in [4.78, 5) is 17.0. The van der Waals surface area contributed by atoms with Crippen molar-refractivity contribution in [2.75, 3.05) is 6.61 Å². The van der Waals surface area contributed by atoms with Gasteiger partial charge in [0.1, 0.15) is 5.01 Å². The van der Waals surface area contributed by atoms with Crippen LogP contribution in [0.3, 0.4) is 0 Å². The second-order valence-corrected chi connectivity index (χ2v) is 9.00. The second kappa shape index (κ2) is 6.73. The number of aromatic nitrogens is 2. The lowest BCUT2D eigenvalue weighted by atomic mass is 9.98. The molecule has 0 spiro atoms. The Hall–Kier alpha value is -1.21. The number of carbonyl (C=O) groups excluding carboxylic acids is 1. The molecule has 1 aromatic rings. The fourth-order valence-corrected chi connectivity index (χ4v) is 3.20. The van der Waals surface area contributed by atoms with E-state index >= 15 is 0 Å². The first kappa shape index (κ1) is 18.1. The molecule has 1 fully saturated rings. The molecule has 1 N–H and O–H groups in total. The lowest BCUT2D eigenvalue weighted by molar-refractivity contribution is 0.0928. The van der Waals surface area contributed by atoms with Gasteiger partial charge in [-0.15, -0.1) is 0 Å². The minimum absolute atomic E-state index is 0.0722. The third-order valence-electron chi connectivity index (χ3n) is 3.34. The number of ether oxygens (including phenoxy) is 1. The van der Waals surface area contributed by atoms with Gasteiger partial charge in [-0.1, -0.05) is 32.1 Å². The number of hydrogen-bond acceptors (Lipinski definition) is 4. The average molecular weight is 340 g/mol. The summed E-state index contributed by atoms with van der Waals surface area (Å²) in [6.45, 7) is 13.6. The van der Waals surface area contributed by atoms with Crippen LogP contribution in [-0.4, -0.2) is 34.1 Å². The van der Waals surface area contributed by atoms with Crippen LogP contribution in [0.1, 0.15) is 59.4 Å². The van der Waals surface area contributed by atoms with Gasteiger partial charge in [-0.25, -0.2) is 9.48 Å². The molecule has 7 heteroatoms. The highest BCUT2D eigenvalue weighted by Crippen LogP contribution is 2.22. The fourth-order valence-electron chi connectivity index (χ4n) is 2.23. The molecule has 0 radical (unpaired) electrons. The molecule has 2 heterocycles. The number of nitrogens with one attached hydrogen (secondary N) is 1. The molecule has 130 valence electrons. The maximum atomic E-state index is 12.1. The quantitative estimate of drug-likeness (QED) is 0.900. The van der Waals surface area contributed by atoms with E-state index in [-0.39, 0.29) is 23.1 Å². The van der Waals surface area contributed by atoms with E-state index in [0.717, 1.165) is 24.5 Å². The van der Waals surface area contributed by atoms with Gasteiger partial charge in [0.05, 0.1) is 12.6 Å². The van der Waals surface area contributed by atoms with Crippen molar-refractivity contribution in [3.63, 3.8) is 0 Å². The minimum Gasteiger partial charge on any atom is -0.376 e. The van der Waals surface area contributed by atoms with Crippen molar-refractivity contribution in [1.29, 1.82) is 0 Å². The van der Waals surface area contributed by atoms with Crippen LogP contribution in [0.2, 0.25) is 0 Å². The van der Waals surface area contributed by atoms with E-state index in [2.05, 4.69) is 36.2 Å². The van der Waals surface area contributed by atoms with Gasteiger partial charge in [0.25, 0.3) is 0 Å². The molecule has 6 nitrogen and oxygen atoms in total. The van der Waals surface area contributed by atoms with Gasteiger partial charge in [0.15, 0.2) is 0 Å². The lowest BCUT2D eigenvalue weighted by Gasteiger charge is -2.18. The Labute approximate surface area is 142 Å². The fraction of sp³-hybridized carbons (Fsp3) is 0.812. The normalized spacial score (nSPS) is 20.1. The maximum Gasteiger partial charge on any atom is 0.344 e. The Balaban J connectivity index is 2.31. The predicted molar refractivity (Wildman–Crippen MR) is 91.6 cm³/mol. The number of rotatable bonds is 2. The van der Waals surface area contributed by atoms with Gasteiger partial charge in [0.2, 0.25) is 4.80 Å². The lowest BCUT2D eigenvalue weighted by Crippen LogP contribution is -2.40. The van der Waals surface area contributed by atoms with Crippen molar-refractivity contribution in [3.05, 3.63) is 9.81 Å². The zero-order chi connectivity index (χ0) is 17.3. The van der Waals surface area contributed by atoms with E-state index < -0.39 is 0 Å². The molecule has 1 atom stereocenters. The molecule has 2 amide bonds. The molecule has 1 aliphatic rings. The highest BCUT2D eigenvalue weighted by atomic mass is 32.1. The summed E-state index contributed by atoms with van der Waals surface area (Å²) in [5.41, 5.74) is -0.380. The first-order chi connectivity index (χ1) is 10.5. The first-order valence-electron chi connectivity index (χ1n) is 8.11. The van der Waals surface area contributed by atoms with Crippen LogP contribution in [0.15, 0.2) is 4.99 Å². The van der Waals surface area contributed by atoms with Gasteiger partial charge < -0.3 is 10.1 Å². The number of nitrogens with zero attached hydrogens (tertiary/aromatic N) is 3. The molecular formula is C16H28N4O2S. The molecule has 1 saturated heterocycles. The summed E-state index contributed by atoms with van der Waals surface area (Å²) in [5.74, 6) is 0. The molecule has 0 unspecified atom stereocenters. The highest BCUT2D eigenvalue weighted by Gasteiger charge is 2.23. The molecule has 0 aliphatic carbocycles. The SMILES string of the molecule is CC(C)(C)NC(=O)N=c1sc(C(C)(C)C)nn1C[C@H]1CCCO1. The minimum atomic E-state index is -0.331. The topological polar surface area (TPSA) is 68.5 Å². The van der Waals surface area contributed by atoms with E-state index in [1.807, 2.05) is 25.5 Å². The summed E-state index contributed by atoms with van der Waals surface area (Å²) in [6, 6.07) is -0.331. The van der Waals surface area contributed by atoms with E-state index in [1.165, 1.54) is 11.3 Å². The first-order valence-corrected chi connectivity index (χ1v) is 8.93. The third-order valence-corrected chi connectivity index (χ3v) is 4.71. The average Bonchev–Trinajstić information content (AvgIpc) is 2.97. The second-order valence-electron chi connectivity index (χ2n) is 8.05. The van der Waals surface area contributed by atoms with Crippen molar-refractivity contribution in [1.82, 2.24) is 15.1 Å². The van der Waals surface area contributed by atoms with E-state index in [0.29, 0.717) is 11.3 Å². The van der Waals surface area contributed by atoms with E-state index in [9.17, 15) is 4.79 Å². The van der Waals surface area contributed by atoms with Crippen LogP contribution in [-0.2, 0) is 16.7 Å². The van der Waals surface area contributed by atoms with Crippen molar-refractivity contribution in [2.24, 2.45) is 4.99 Å². The number of urea groups is 1. The number of hydrogen-bond donors (Lipinski definition) is 1. The molecule has 1 aliphatic heterocycles. The molecule has 0 bridgehead atoms. The van der Waals surface area contributed by atoms with Crippen molar-refractivity contribution >= 4 is 17.4 Å². The van der Waals surface area contributed by atoms with E-state index in [1.54, 1.807) is 0 Å². The standard InChI is InChI=1S/C16H28N4O2S/c1-15(2,3)12-19-20(10-11-8-7-9-22-11)14(23-12)17-13(21)18-16(4,5)6/h11H,7-10H2,1-6H3,(H,18,21)/t11-/m1/s1. The molecule has 0 aromatic carbocycles. The Morgan fingerprint density at radius 3 is 2.61 bits per heavy atom. The third kappa shape index (κ3) is 5.42. The molecule has 23 heavy (non-hydrogen) atoms. The van der Waals surface area contributed by atoms with Gasteiger partial charge >= 0.3 is 6.03 Å². The molecule has 0 saturated carbocycles. The highest BCUT2D eigenvalue weighted by molar-refractivity contribution is 7.09. The largest absolute Gasteiger partial charge is 0.376 e. The van der Waals surface area contributed by atoms with Crippen molar-refractivity contribution < 1.29 is 9.53 Å². The van der Waals surface area contributed by atoms with Crippen LogP contribution >= 0.6 is 11.3 Å². The van der Waals surface area contributed by atoms with Gasteiger partial charge in [0, 0.05) is 17.6 Å². The van der Waals surface area contributed by atoms with Crippen molar-refractivity contribution in [3.8, 4) is 0 Å². The van der Waals surface area contributed by atoms with Gasteiger partial charge in [-0.3, -0.25) is 0 Å². The molecule has 1 aromatic heterocycles. The smallest absolute Gasteiger partial charge is 0.344 e. The van der Waals surface area contributed by atoms with E-state index in [4.69, 9.17) is 4.74 Å². The predicted octanol–water partition coefficient (Wildman–Crippen LogP) is 2.83. The summed E-state index contributed by atoms with van der Waals surface area (Å²) in [5, 5.41) is 8.51. The zero-order valence-corrected chi connectivity index (χ0v) is 15.8. The Kier molecular flexibility index (Phi) is 5.30. The number of carbonyl (C=O) groups is 1. The van der Waals surface area contributed by atoms with Crippen LogP contribution in [0, 0.1) is 0 Å². The Morgan fingerprint density at radius 1 is 1.39 bits per heavy atom. The number of amides is 2. The van der Waals surface area contributed by atoms with Gasteiger partial charge in [-0.05, 0) is 33.6 Å². The molecule has 2 rings (SSSR count). The zero-order valence-electron chi connectivity index (χ0n) is 15.0. The van der Waals surface area contributed by atoms with Crippen LogP contribution < -0.4 is 10.1 Å². The van der Waals surface area contributed by atoms with Gasteiger partial charge in [-0.2, -0.15) is 10.1 Å². The van der Waals surface area contributed by atoms with Crippen LogP contribution in [0.5, 0.6) is 0 Å². The summed E-state index contributed by atoms with van der Waals surface area (Å²) < 4.78 is 7.52. The summed E-state index contributed by atoms with van der Waals surface area (Å²) >= 11 is 1.47. The summed E-state index contributed by atoms with van der Waals surface area (Å²) in [6.07, 6.45) is 2.27. The summed E-state index contributed by atoms with van der Waals surface area (Å²) in [7, 11) is 0. The van der Waals surface area contributed by atoms with Crippen molar-refractivity contribution in [2.45, 2.75) is 78.0 Å².